The number of anilines is 1. The molecule has 12 nitrogen and oxygen atoms in total. The molecule has 3 fully saturated rings. The SMILES string of the molecule is COC(=O)N1C(=O)C2CC=C3C(CC4C(=O)N(c5cc(-c6sc7ccc(Cl)cc7c6C)nn5C)C(=O)C4(C)C3c3ccccc3OCCO)C2C1=O. The molecule has 0 radical (unpaired) electrons. The van der Waals surface area contributed by atoms with Crippen LogP contribution in [0.15, 0.2) is 60.2 Å². The lowest BCUT2D eigenvalue weighted by Gasteiger charge is -2.49. The van der Waals surface area contributed by atoms with Crippen LogP contribution in [0.3, 0.4) is 0 Å². The van der Waals surface area contributed by atoms with Crippen LogP contribution < -0.4 is 9.64 Å². The highest BCUT2D eigenvalue weighted by molar-refractivity contribution is 7.22. The van der Waals surface area contributed by atoms with Gasteiger partial charge in [-0.05, 0) is 67.8 Å². The second-order valence-corrected chi connectivity index (χ2v) is 15.4. The van der Waals surface area contributed by atoms with E-state index in [0.29, 0.717) is 32.7 Å². The van der Waals surface area contributed by atoms with E-state index in [-0.39, 0.29) is 26.1 Å². The average Bonchev–Trinajstić information content (AvgIpc) is 3.80. The zero-order chi connectivity index (χ0) is 36.8. The average molecular weight is 743 g/mol. The quantitative estimate of drug-likeness (QED) is 0.196. The number of rotatable bonds is 6. The number of allylic oxidation sites excluding steroid dienone is 2. The largest absolute Gasteiger partial charge is 0.491 e. The first-order valence-corrected chi connectivity index (χ1v) is 18.2. The number of hydrogen-bond donors (Lipinski definition) is 1. The summed E-state index contributed by atoms with van der Waals surface area (Å²) in [6, 6.07) is 14.6. The predicted molar refractivity (Wildman–Crippen MR) is 192 cm³/mol. The van der Waals surface area contributed by atoms with Crippen LogP contribution >= 0.6 is 22.9 Å². The van der Waals surface area contributed by atoms with Crippen LogP contribution in [0.1, 0.15) is 36.8 Å². The van der Waals surface area contributed by atoms with Crippen molar-refractivity contribution in [3.8, 4) is 16.3 Å². The highest BCUT2D eigenvalue weighted by Crippen LogP contribution is 2.64. The van der Waals surface area contributed by atoms with Gasteiger partial charge in [-0.3, -0.25) is 23.9 Å². The molecule has 52 heavy (non-hydrogen) atoms. The molecule has 5 amide bonds. The van der Waals surface area contributed by atoms with Gasteiger partial charge in [0.05, 0.1) is 41.8 Å². The summed E-state index contributed by atoms with van der Waals surface area (Å²) in [5.41, 5.74) is 1.60. The fourth-order valence-corrected chi connectivity index (χ4v) is 10.4. The second kappa shape index (κ2) is 12.4. The van der Waals surface area contributed by atoms with Gasteiger partial charge in [-0.2, -0.15) is 10.00 Å². The molecule has 4 aromatic rings. The first-order chi connectivity index (χ1) is 24.9. The Morgan fingerprint density at radius 3 is 2.60 bits per heavy atom. The molecule has 1 N–H and O–H groups in total. The number of likely N-dealkylation sites (tertiary alicyclic amines) is 1. The molecular weight excluding hydrogens is 708 g/mol. The van der Waals surface area contributed by atoms with Gasteiger partial charge in [-0.25, -0.2) is 9.69 Å². The van der Waals surface area contributed by atoms with E-state index in [4.69, 9.17) is 26.2 Å². The Bertz CT molecular complexity index is 2260. The molecule has 2 aliphatic heterocycles. The Morgan fingerprint density at radius 1 is 1.08 bits per heavy atom. The molecule has 0 bridgehead atoms. The van der Waals surface area contributed by atoms with E-state index >= 15 is 4.79 Å². The summed E-state index contributed by atoms with van der Waals surface area (Å²) in [5.74, 6) is -5.46. The molecule has 0 spiro atoms. The minimum Gasteiger partial charge on any atom is -0.491 e. The van der Waals surface area contributed by atoms with E-state index in [1.807, 2.05) is 43.3 Å². The molecular formula is C38H35ClN4O8S. The summed E-state index contributed by atoms with van der Waals surface area (Å²) in [5, 5.41) is 16.0. The van der Waals surface area contributed by atoms with Crippen molar-refractivity contribution >= 4 is 68.6 Å². The molecule has 14 heteroatoms. The number of fused-ring (bicyclic) bond motifs is 5. The number of aliphatic hydroxyl groups is 1. The number of aryl methyl sites for hydroxylation is 2. The van der Waals surface area contributed by atoms with Gasteiger partial charge in [0.15, 0.2) is 0 Å². The van der Waals surface area contributed by atoms with Crippen molar-refractivity contribution in [2.24, 2.45) is 36.1 Å². The normalized spacial score (nSPS) is 26.8. The number of benzene rings is 2. The molecule has 2 aliphatic carbocycles. The van der Waals surface area contributed by atoms with Gasteiger partial charge >= 0.3 is 6.09 Å². The zero-order valence-electron chi connectivity index (χ0n) is 28.8. The Hall–Kier alpha value is -4.85. The number of aliphatic hydroxyl groups excluding tert-OH is 1. The number of para-hydroxylation sites is 1. The fraction of sp³-hybridized carbons (Fsp3) is 0.368. The minimum atomic E-state index is -1.34. The first kappa shape index (κ1) is 34.2. The van der Waals surface area contributed by atoms with Gasteiger partial charge in [-0.1, -0.05) is 41.4 Å². The number of imide groups is 4. The van der Waals surface area contributed by atoms with Gasteiger partial charge < -0.3 is 14.6 Å². The Morgan fingerprint density at radius 2 is 1.85 bits per heavy atom. The lowest BCUT2D eigenvalue weighted by Crippen LogP contribution is -2.49. The van der Waals surface area contributed by atoms with E-state index < -0.39 is 64.7 Å². The van der Waals surface area contributed by atoms with Gasteiger partial charge in [-0.15, -0.1) is 11.3 Å². The summed E-state index contributed by atoms with van der Waals surface area (Å²) in [6.07, 6.45) is 1.12. The molecule has 4 heterocycles. The molecule has 6 unspecified atom stereocenters. The molecule has 1 saturated carbocycles. The van der Waals surface area contributed by atoms with E-state index in [1.165, 1.54) is 9.58 Å². The number of methoxy groups -OCH3 is 1. The summed E-state index contributed by atoms with van der Waals surface area (Å²) in [7, 11) is 2.80. The standard InChI is InChI=1S/C38H35ClN4O8S/c1-18-23-15-19(39)9-12-28(23)52-32(18)26-17-29(41(3)40-26)42-34(46)25-16-24-20(10-11-22-30(24)35(47)43(33(22)45)37(49)50-4)31(38(25,2)36(42)48)21-7-5-6-8-27(21)51-14-13-44/h5-10,12,15,17,22,24-25,30-31,44H,11,13-14,16H2,1-4H3. The Labute approximate surface area is 307 Å². The van der Waals surface area contributed by atoms with Gasteiger partial charge in [0.2, 0.25) is 23.6 Å². The lowest BCUT2D eigenvalue weighted by atomic mass is 9.51. The topological polar surface area (TPSA) is 148 Å². The zero-order valence-corrected chi connectivity index (χ0v) is 30.4. The maximum atomic E-state index is 15.1. The van der Waals surface area contributed by atoms with Crippen LogP contribution in [0, 0.1) is 36.0 Å². The van der Waals surface area contributed by atoms with E-state index in [2.05, 4.69) is 0 Å². The molecule has 2 aromatic heterocycles. The highest BCUT2D eigenvalue weighted by atomic mass is 35.5. The van der Waals surface area contributed by atoms with Crippen molar-refractivity contribution in [3.05, 3.63) is 76.3 Å². The molecule has 2 saturated heterocycles. The number of thiophene rings is 1. The van der Waals surface area contributed by atoms with Crippen LogP contribution in [0.25, 0.3) is 20.7 Å². The first-order valence-electron chi connectivity index (χ1n) is 17.0. The molecule has 268 valence electrons. The third kappa shape index (κ3) is 4.75. The molecule has 4 aliphatic rings. The lowest BCUT2D eigenvalue weighted by molar-refractivity contribution is -0.138. The number of amides is 5. The summed E-state index contributed by atoms with van der Waals surface area (Å²) >= 11 is 7.84. The van der Waals surface area contributed by atoms with Crippen LogP contribution in [0.4, 0.5) is 10.6 Å². The van der Waals surface area contributed by atoms with Gasteiger partial charge in [0, 0.05) is 34.3 Å². The number of ether oxygens (including phenoxy) is 2. The number of nitrogens with zero attached hydrogens (tertiary/aromatic N) is 4. The summed E-state index contributed by atoms with van der Waals surface area (Å²) in [6.45, 7) is 3.53. The molecule has 6 atom stereocenters. The summed E-state index contributed by atoms with van der Waals surface area (Å²) < 4.78 is 13.3. The second-order valence-electron chi connectivity index (χ2n) is 14.0. The van der Waals surface area contributed by atoms with Crippen molar-refractivity contribution in [1.82, 2.24) is 14.7 Å². The monoisotopic (exact) mass is 742 g/mol. The van der Waals surface area contributed by atoms with Gasteiger partial charge in [0.25, 0.3) is 0 Å². The van der Waals surface area contributed by atoms with Crippen LogP contribution in [-0.4, -0.2) is 69.8 Å². The van der Waals surface area contributed by atoms with Crippen LogP contribution in [-0.2, 0) is 31.0 Å². The Balaban J connectivity index is 1.26. The number of carbonyl (C=O) groups excluding carboxylic acids is 5. The van der Waals surface area contributed by atoms with E-state index in [9.17, 15) is 24.3 Å². The van der Waals surface area contributed by atoms with Crippen LogP contribution in [0.5, 0.6) is 5.75 Å². The third-order valence-corrected chi connectivity index (χ3v) is 13.0. The Kier molecular flexibility index (Phi) is 8.16. The van der Waals surface area contributed by atoms with Crippen molar-refractivity contribution in [3.63, 3.8) is 0 Å². The van der Waals surface area contributed by atoms with Crippen molar-refractivity contribution < 1.29 is 38.6 Å². The number of halogens is 1. The molecule has 2 aromatic carbocycles. The molecule has 8 rings (SSSR count). The maximum Gasteiger partial charge on any atom is 0.423 e. The minimum absolute atomic E-state index is 0.00171. The third-order valence-electron chi connectivity index (χ3n) is 11.4. The number of aromatic nitrogens is 2. The van der Waals surface area contributed by atoms with Crippen molar-refractivity contribution in [2.75, 3.05) is 25.2 Å². The number of carbonyl (C=O) groups is 5. The smallest absolute Gasteiger partial charge is 0.423 e. The van der Waals surface area contributed by atoms with E-state index in [1.54, 1.807) is 43.5 Å². The predicted octanol–water partition coefficient (Wildman–Crippen LogP) is 5.63. The summed E-state index contributed by atoms with van der Waals surface area (Å²) in [4.78, 5) is 72.5. The fourth-order valence-electron chi connectivity index (χ4n) is 9.07. The van der Waals surface area contributed by atoms with Crippen LogP contribution in [0.2, 0.25) is 5.02 Å². The van der Waals surface area contributed by atoms with E-state index in [0.717, 1.165) is 33.2 Å². The van der Waals surface area contributed by atoms with Gasteiger partial charge in [0.1, 0.15) is 23.9 Å². The van der Waals surface area contributed by atoms with Crippen molar-refractivity contribution in [2.45, 2.75) is 32.6 Å². The maximum absolute atomic E-state index is 15.1. The highest BCUT2D eigenvalue weighted by Gasteiger charge is 2.68. The number of hydrogen-bond acceptors (Lipinski definition) is 10. The van der Waals surface area contributed by atoms with Crippen molar-refractivity contribution in [1.29, 1.82) is 0 Å².